The quantitative estimate of drug-likeness (QED) is 0.744. The predicted octanol–water partition coefficient (Wildman–Crippen LogP) is 1.63. The summed E-state index contributed by atoms with van der Waals surface area (Å²) in [6.07, 6.45) is 2.22. The van der Waals surface area contributed by atoms with Crippen LogP contribution in [0.15, 0.2) is 0 Å². The van der Waals surface area contributed by atoms with Crippen LogP contribution in [0.25, 0.3) is 0 Å². The molecular formula is C12H21BrN2O2. The van der Waals surface area contributed by atoms with E-state index in [1.165, 1.54) is 0 Å². The van der Waals surface area contributed by atoms with Crippen molar-refractivity contribution in [3.8, 4) is 0 Å². The van der Waals surface area contributed by atoms with Crippen LogP contribution >= 0.6 is 15.9 Å². The summed E-state index contributed by atoms with van der Waals surface area (Å²) in [5.41, 5.74) is 0. The molecule has 17 heavy (non-hydrogen) atoms. The topological polar surface area (TPSA) is 40.6 Å². The molecule has 1 unspecified atom stereocenters. The van der Waals surface area contributed by atoms with Crippen molar-refractivity contribution < 1.29 is 9.59 Å². The third kappa shape index (κ3) is 3.98. The van der Waals surface area contributed by atoms with E-state index < -0.39 is 0 Å². The van der Waals surface area contributed by atoms with Gasteiger partial charge in [-0.2, -0.15) is 0 Å². The lowest BCUT2D eigenvalue weighted by Crippen LogP contribution is -2.40. The molecule has 1 saturated heterocycles. The molecule has 1 fully saturated rings. The van der Waals surface area contributed by atoms with Crippen molar-refractivity contribution in [3.63, 3.8) is 0 Å². The second-order valence-corrected chi connectivity index (χ2v) is 5.39. The highest BCUT2D eigenvalue weighted by atomic mass is 79.9. The fraction of sp³-hybridized carbons (Fsp3) is 0.833. The van der Waals surface area contributed by atoms with Gasteiger partial charge >= 0.3 is 0 Å². The minimum atomic E-state index is -0.0871. The van der Waals surface area contributed by atoms with Gasteiger partial charge in [0.2, 0.25) is 11.8 Å². The van der Waals surface area contributed by atoms with Gasteiger partial charge in [0.1, 0.15) is 0 Å². The van der Waals surface area contributed by atoms with E-state index in [0.717, 1.165) is 25.9 Å². The van der Waals surface area contributed by atoms with E-state index in [-0.39, 0.29) is 16.6 Å². The van der Waals surface area contributed by atoms with Crippen molar-refractivity contribution in [3.05, 3.63) is 0 Å². The molecule has 0 bridgehead atoms. The van der Waals surface area contributed by atoms with Gasteiger partial charge in [-0.3, -0.25) is 9.59 Å². The lowest BCUT2D eigenvalue weighted by Gasteiger charge is -2.23. The van der Waals surface area contributed by atoms with Crippen molar-refractivity contribution >= 4 is 27.7 Å². The number of hydrogen-bond donors (Lipinski definition) is 0. The SMILES string of the molecule is CCC(=O)N1CCCN(C(=O)C(Br)CC)CC1. The number of hydrogen-bond acceptors (Lipinski definition) is 2. The number of rotatable bonds is 3. The molecule has 1 rings (SSSR count). The average Bonchev–Trinajstić information content (AvgIpc) is 2.61. The van der Waals surface area contributed by atoms with Gasteiger partial charge in [0.05, 0.1) is 4.83 Å². The molecule has 2 amide bonds. The van der Waals surface area contributed by atoms with E-state index in [4.69, 9.17) is 0 Å². The summed E-state index contributed by atoms with van der Waals surface area (Å²) in [5.74, 6) is 0.337. The summed E-state index contributed by atoms with van der Waals surface area (Å²) < 4.78 is 0. The monoisotopic (exact) mass is 304 g/mol. The molecular weight excluding hydrogens is 284 g/mol. The second-order valence-electron chi connectivity index (χ2n) is 4.29. The van der Waals surface area contributed by atoms with E-state index in [1.54, 1.807) is 0 Å². The number of halogens is 1. The Bertz CT molecular complexity index is 284. The van der Waals surface area contributed by atoms with Crippen molar-refractivity contribution in [2.75, 3.05) is 26.2 Å². The maximum Gasteiger partial charge on any atom is 0.236 e. The van der Waals surface area contributed by atoms with E-state index in [1.807, 2.05) is 23.6 Å². The zero-order valence-electron chi connectivity index (χ0n) is 10.6. The molecule has 0 N–H and O–H groups in total. The number of carbonyl (C=O) groups is 2. The van der Waals surface area contributed by atoms with Gasteiger partial charge in [-0.15, -0.1) is 0 Å². The van der Waals surface area contributed by atoms with E-state index in [2.05, 4.69) is 15.9 Å². The Labute approximate surface area is 111 Å². The second kappa shape index (κ2) is 6.99. The molecule has 0 aromatic carbocycles. The average molecular weight is 305 g/mol. The van der Waals surface area contributed by atoms with Crippen LogP contribution in [-0.4, -0.2) is 52.6 Å². The van der Waals surface area contributed by atoms with Crippen LogP contribution in [0.2, 0.25) is 0 Å². The molecule has 0 aromatic rings. The molecule has 98 valence electrons. The van der Waals surface area contributed by atoms with Gasteiger partial charge in [-0.1, -0.05) is 29.8 Å². The van der Waals surface area contributed by atoms with Crippen LogP contribution in [-0.2, 0) is 9.59 Å². The summed E-state index contributed by atoms with van der Waals surface area (Å²) in [4.78, 5) is 27.2. The highest BCUT2D eigenvalue weighted by molar-refractivity contribution is 9.10. The van der Waals surface area contributed by atoms with Crippen LogP contribution in [0.4, 0.5) is 0 Å². The third-order valence-electron chi connectivity index (χ3n) is 3.09. The number of amides is 2. The summed E-state index contributed by atoms with van der Waals surface area (Å²) in [7, 11) is 0. The van der Waals surface area contributed by atoms with Crippen LogP contribution in [0.3, 0.4) is 0 Å². The number of carbonyl (C=O) groups excluding carboxylic acids is 2. The molecule has 0 aromatic heterocycles. The zero-order valence-corrected chi connectivity index (χ0v) is 12.2. The molecule has 1 atom stereocenters. The van der Waals surface area contributed by atoms with Crippen molar-refractivity contribution in [1.29, 1.82) is 0 Å². The fourth-order valence-corrected chi connectivity index (χ4v) is 2.27. The minimum Gasteiger partial charge on any atom is -0.341 e. The summed E-state index contributed by atoms with van der Waals surface area (Å²) in [6.45, 7) is 6.72. The molecule has 1 aliphatic heterocycles. The minimum absolute atomic E-state index is 0.0871. The molecule has 0 aliphatic carbocycles. The van der Waals surface area contributed by atoms with Crippen LogP contribution in [0.1, 0.15) is 33.1 Å². The summed E-state index contributed by atoms with van der Waals surface area (Å²) in [6, 6.07) is 0. The van der Waals surface area contributed by atoms with Gasteiger partial charge in [0.15, 0.2) is 0 Å². The standard InChI is InChI=1S/C12H21BrN2O2/c1-3-10(13)12(17)15-7-5-6-14(8-9-15)11(16)4-2/h10H,3-9H2,1-2H3. The molecule has 0 saturated carbocycles. The molecule has 0 radical (unpaired) electrons. The predicted molar refractivity (Wildman–Crippen MR) is 71.1 cm³/mol. The Morgan fingerprint density at radius 1 is 1.12 bits per heavy atom. The smallest absolute Gasteiger partial charge is 0.236 e. The Balaban J connectivity index is 2.53. The van der Waals surface area contributed by atoms with Gasteiger partial charge in [-0.05, 0) is 12.8 Å². The van der Waals surface area contributed by atoms with E-state index in [9.17, 15) is 9.59 Å². The van der Waals surface area contributed by atoms with E-state index in [0.29, 0.717) is 19.5 Å². The number of nitrogens with zero attached hydrogens (tertiary/aromatic N) is 2. The molecule has 0 spiro atoms. The Kier molecular flexibility index (Phi) is 5.95. The first-order valence-electron chi connectivity index (χ1n) is 6.30. The van der Waals surface area contributed by atoms with Gasteiger partial charge in [-0.25, -0.2) is 0 Å². The molecule has 4 nitrogen and oxygen atoms in total. The number of alkyl halides is 1. The lowest BCUT2D eigenvalue weighted by atomic mass is 10.3. The fourth-order valence-electron chi connectivity index (χ4n) is 1.98. The van der Waals surface area contributed by atoms with Crippen LogP contribution in [0.5, 0.6) is 0 Å². The van der Waals surface area contributed by atoms with Crippen molar-refractivity contribution in [1.82, 2.24) is 9.80 Å². The first-order chi connectivity index (χ1) is 8.10. The lowest BCUT2D eigenvalue weighted by molar-refractivity contribution is -0.133. The maximum absolute atomic E-state index is 12.0. The Morgan fingerprint density at radius 3 is 2.29 bits per heavy atom. The highest BCUT2D eigenvalue weighted by Crippen LogP contribution is 2.12. The Hall–Kier alpha value is -0.580. The molecule has 1 aliphatic rings. The van der Waals surface area contributed by atoms with Gasteiger partial charge in [0, 0.05) is 32.6 Å². The molecule has 1 heterocycles. The first-order valence-corrected chi connectivity index (χ1v) is 7.22. The Morgan fingerprint density at radius 2 is 1.71 bits per heavy atom. The maximum atomic E-state index is 12.0. The highest BCUT2D eigenvalue weighted by Gasteiger charge is 2.24. The first kappa shape index (κ1) is 14.5. The van der Waals surface area contributed by atoms with Crippen LogP contribution in [0, 0.1) is 0 Å². The third-order valence-corrected chi connectivity index (χ3v) is 4.13. The van der Waals surface area contributed by atoms with Gasteiger partial charge < -0.3 is 9.80 Å². The van der Waals surface area contributed by atoms with E-state index >= 15 is 0 Å². The van der Waals surface area contributed by atoms with Crippen molar-refractivity contribution in [2.45, 2.75) is 37.9 Å². The summed E-state index contributed by atoms with van der Waals surface area (Å²) >= 11 is 3.39. The zero-order chi connectivity index (χ0) is 12.8. The van der Waals surface area contributed by atoms with Crippen LogP contribution < -0.4 is 0 Å². The molecule has 5 heteroatoms. The van der Waals surface area contributed by atoms with Gasteiger partial charge in [0.25, 0.3) is 0 Å². The largest absolute Gasteiger partial charge is 0.341 e. The summed E-state index contributed by atoms with van der Waals surface area (Å²) in [5, 5.41) is 0. The van der Waals surface area contributed by atoms with Crippen molar-refractivity contribution in [2.24, 2.45) is 0 Å². The normalized spacial score (nSPS) is 18.8.